The van der Waals surface area contributed by atoms with Gasteiger partial charge in [-0.25, -0.2) is 4.98 Å². The average molecular weight is 385 g/mol. The Morgan fingerprint density at radius 2 is 2.04 bits per heavy atom. The molecule has 0 aliphatic rings. The number of thiazole rings is 1. The van der Waals surface area contributed by atoms with Crippen LogP contribution in [0.2, 0.25) is 5.02 Å². The molecule has 130 valence electrons. The normalized spacial score (nSPS) is 10.9. The number of rotatable bonds is 5. The van der Waals surface area contributed by atoms with Crippen molar-refractivity contribution in [2.45, 2.75) is 6.61 Å². The molecule has 0 atom stereocenters. The zero-order valence-electron chi connectivity index (χ0n) is 12.8. The molecule has 0 saturated carbocycles. The molecule has 25 heavy (non-hydrogen) atoms. The molecule has 3 rings (SSSR count). The second-order valence-electron chi connectivity index (χ2n) is 4.83. The van der Waals surface area contributed by atoms with E-state index in [1.807, 2.05) is 0 Å². The number of alkyl halides is 2. The molecule has 5 nitrogen and oxygen atoms in total. The Bertz CT molecular complexity index is 933. The van der Waals surface area contributed by atoms with E-state index in [2.05, 4.69) is 15.0 Å². The summed E-state index contributed by atoms with van der Waals surface area (Å²) in [5.74, 6) is -0.625. The molecule has 0 unspecified atom stereocenters. The van der Waals surface area contributed by atoms with E-state index < -0.39 is 12.5 Å². The summed E-state index contributed by atoms with van der Waals surface area (Å²) < 4.78 is 35.1. The molecule has 0 fully saturated rings. The van der Waals surface area contributed by atoms with Crippen molar-refractivity contribution in [2.24, 2.45) is 0 Å². The predicted molar refractivity (Wildman–Crippen MR) is 92.2 cm³/mol. The minimum Gasteiger partial charge on any atom is -0.493 e. The molecule has 1 heterocycles. The third-order valence-electron chi connectivity index (χ3n) is 3.21. The fraction of sp³-hybridized carbons (Fsp3) is 0.125. The number of nitrogens with one attached hydrogen (secondary N) is 1. The van der Waals surface area contributed by atoms with Crippen LogP contribution in [-0.2, 0) is 0 Å². The van der Waals surface area contributed by atoms with Crippen LogP contribution in [0, 0.1) is 0 Å². The first kappa shape index (κ1) is 17.4. The van der Waals surface area contributed by atoms with Crippen molar-refractivity contribution in [3.8, 4) is 11.5 Å². The lowest BCUT2D eigenvalue weighted by Crippen LogP contribution is -2.12. The van der Waals surface area contributed by atoms with Crippen LogP contribution < -0.4 is 14.8 Å². The Labute approximate surface area is 150 Å². The lowest BCUT2D eigenvalue weighted by atomic mass is 10.2. The highest BCUT2D eigenvalue weighted by Gasteiger charge is 2.16. The van der Waals surface area contributed by atoms with E-state index in [0.29, 0.717) is 15.7 Å². The van der Waals surface area contributed by atoms with Crippen LogP contribution in [0.15, 0.2) is 36.4 Å². The summed E-state index contributed by atoms with van der Waals surface area (Å²) in [6, 6.07) is 9.19. The molecule has 9 heteroatoms. The minimum absolute atomic E-state index is 0.103. The molecule has 2 aromatic carbocycles. The first-order chi connectivity index (χ1) is 12.0. The van der Waals surface area contributed by atoms with Gasteiger partial charge in [0.15, 0.2) is 16.6 Å². The molecular formula is C16H11ClF2N2O3S. The van der Waals surface area contributed by atoms with E-state index in [9.17, 15) is 13.6 Å². The third kappa shape index (κ3) is 3.97. The highest BCUT2D eigenvalue weighted by molar-refractivity contribution is 7.22. The summed E-state index contributed by atoms with van der Waals surface area (Å²) in [7, 11) is 1.32. The topological polar surface area (TPSA) is 60.5 Å². The van der Waals surface area contributed by atoms with Crippen LogP contribution in [0.25, 0.3) is 10.2 Å². The van der Waals surface area contributed by atoms with Gasteiger partial charge in [-0.15, -0.1) is 0 Å². The second kappa shape index (κ2) is 7.20. The Morgan fingerprint density at radius 3 is 2.76 bits per heavy atom. The predicted octanol–water partition coefficient (Wildman–Crippen LogP) is 4.81. The van der Waals surface area contributed by atoms with Gasteiger partial charge in [0.25, 0.3) is 5.91 Å². The minimum atomic E-state index is -3.03. The maximum Gasteiger partial charge on any atom is 0.387 e. The van der Waals surface area contributed by atoms with E-state index in [4.69, 9.17) is 16.3 Å². The van der Waals surface area contributed by atoms with Gasteiger partial charge >= 0.3 is 6.61 Å². The Morgan fingerprint density at radius 1 is 1.24 bits per heavy atom. The molecule has 0 radical (unpaired) electrons. The van der Waals surface area contributed by atoms with Crippen LogP contribution in [0.1, 0.15) is 10.4 Å². The Balaban J connectivity index is 1.84. The number of methoxy groups -OCH3 is 1. The van der Waals surface area contributed by atoms with Crippen molar-refractivity contribution in [1.29, 1.82) is 0 Å². The Hall–Kier alpha value is -2.45. The third-order valence-corrected chi connectivity index (χ3v) is 4.38. The fourth-order valence-electron chi connectivity index (χ4n) is 2.13. The van der Waals surface area contributed by atoms with Crippen molar-refractivity contribution in [1.82, 2.24) is 4.98 Å². The molecule has 1 amide bonds. The molecule has 0 spiro atoms. The molecule has 1 N–H and O–H groups in total. The molecule has 1 aromatic heterocycles. The van der Waals surface area contributed by atoms with Gasteiger partial charge in [0.2, 0.25) is 0 Å². The van der Waals surface area contributed by atoms with Gasteiger partial charge in [-0.05, 0) is 36.4 Å². The summed E-state index contributed by atoms with van der Waals surface area (Å²) >= 11 is 7.18. The molecule has 0 aliphatic carbocycles. The number of halogens is 3. The molecule has 0 saturated heterocycles. The summed E-state index contributed by atoms with van der Waals surface area (Å²) in [5, 5.41) is 3.56. The number of amides is 1. The highest BCUT2D eigenvalue weighted by atomic mass is 35.5. The number of fused-ring (bicyclic) bond motifs is 1. The number of aromatic nitrogens is 1. The zero-order chi connectivity index (χ0) is 18.0. The quantitative estimate of drug-likeness (QED) is 0.685. The van der Waals surface area contributed by atoms with Crippen molar-refractivity contribution in [2.75, 3.05) is 12.4 Å². The second-order valence-corrected chi connectivity index (χ2v) is 6.30. The van der Waals surface area contributed by atoms with Gasteiger partial charge in [0.05, 0.1) is 17.3 Å². The molecule has 0 bridgehead atoms. The first-order valence-electron chi connectivity index (χ1n) is 6.96. The van der Waals surface area contributed by atoms with Gasteiger partial charge in [-0.2, -0.15) is 8.78 Å². The van der Waals surface area contributed by atoms with Crippen molar-refractivity contribution >= 4 is 44.2 Å². The Kier molecular flexibility index (Phi) is 5.00. The van der Waals surface area contributed by atoms with E-state index in [1.54, 1.807) is 18.2 Å². The van der Waals surface area contributed by atoms with E-state index in [-0.39, 0.29) is 17.1 Å². The number of hydrogen-bond donors (Lipinski definition) is 1. The summed E-state index contributed by atoms with van der Waals surface area (Å²) in [5.41, 5.74) is 0.829. The summed E-state index contributed by atoms with van der Waals surface area (Å²) in [6.45, 7) is -3.03. The number of ether oxygens (including phenoxy) is 2. The van der Waals surface area contributed by atoms with Crippen LogP contribution in [0.4, 0.5) is 13.9 Å². The van der Waals surface area contributed by atoms with Gasteiger partial charge in [0, 0.05) is 10.6 Å². The van der Waals surface area contributed by atoms with E-state index in [1.165, 1.54) is 36.6 Å². The highest BCUT2D eigenvalue weighted by Crippen LogP contribution is 2.31. The van der Waals surface area contributed by atoms with Crippen molar-refractivity contribution < 1.29 is 23.0 Å². The lowest BCUT2D eigenvalue weighted by molar-refractivity contribution is -0.0512. The van der Waals surface area contributed by atoms with Gasteiger partial charge in [-0.1, -0.05) is 22.9 Å². The fourth-order valence-corrected chi connectivity index (χ4v) is 3.26. The lowest BCUT2D eigenvalue weighted by Gasteiger charge is -2.11. The smallest absolute Gasteiger partial charge is 0.387 e. The number of anilines is 1. The van der Waals surface area contributed by atoms with Crippen LogP contribution >= 0.6 is 22.9 Å². The number of nitrogens with zero attached hydrogens (tertiary/aromatic N) is 1. The van der Waals surface area contributed by atoms with E-state index >= 15 is 0 Å². The van der Waals surface area contributed by atoms with Gasteiger partial charge < -0.3 is 9.47 Å². The van der Waals surface area contributed by atoms with Gasteiger partial charge in [0.1, 0.15) is 0 Å². The summed E-state index contributed by atoms with van der Waals surface area (Å²) in [4.78, 5) is 16.6. The van der Waals surface area contributed by atoms with Crippen molar-refractivity contribution in [3.63, 3.8) is 0 Å². The standard InChI is InChI=1S/C16H11ClF2N2O3S/c1-23-11-5-2-8(6-12(11)24-15(18)19)14(22)21-16-20-10-4-3-9(17)7-13(10)25-16/h2-7,15H,1H3,(H,20,21,22). The van der Waals surface area contributed by atoms with Gasteiger partial charge in [-0.3, -0.25) is 10.1 Å². The number of hydrogen-bond acceptors (Lipinski definition) is 5. The maximum absolute atomic E-state index is 12.5. The van der Waals surface area contributed by atoms with Crippen LogP contribution in [0.5, 0.6) is 11.5 Å². The van der Waals surface area contributed by atoms with Crippen LogP contribution in [-0.4, -0.2) is 24.6 Å². The number of benzene rings is 2. The molecule has 3 aromatic rings. The summed E-state index contributed by atoms with van der Waals surface area (Å²) in [6.07, 6.45) is 0. The SMILES string of the molecule is COc1ccc(C(=O)Nc2nc3ccc(Cl)cc3s2)cc1OC(F)F. The van der Waals surface area contributed by atoms with Crippen molar-refractivity contribution in [3.05, 3.63) is 47.0 Å². The number of carbonyl (C=O) groups excluding carboxylic acids is 1. The van der Waals surface area contributed by atoms with E-state index in [0.717, 1.165) is 4.70 Å². The monoisotopic (exact) mass is 384 g/mol. The first-order valence-corrected chi connectivity index (χ1v) is 8.16. The van der Waals surface area contributed by atoms with Crippen LogP contribution in [0.3, 0.4) is 0 Å². The largest absolute Gasteiger partial charge is 0.493 e. The molecule has 0 aliphatic heterocycles. The average Bonchev–Trinajstić information content (AvgIpc) is 2.95. The maximum atomic E-state index is 12.5. The zero-order valence-corrected chi connectivity index (χ0v) is 14.3. The molecular weight excluding hydrogens is 374 g/mol. The number of carbonyl (C=O) groups is 1.